The van der Waals surface area contributed by atoms with Gasteiger partial charge in [-0.1, -0.05) is 0 Å². The number of amides is 2. The number of rotatable bonds is 6. The van der Waals surface area contributed by atoms with Gasteiger partial charge in [0, 0.05) is 6.54 Å². The van der Waals surface area contributed by atoms with E-state index < -0.39 is 27.4 Å². The molecule has 158 valence electrons. The highest BCUT2D eigenvalue weighted by Gasteiger charge is 2.51. The molecule has 3 heterocycles. The number of fused-ring (bicyclic) bond motifs is 1. The number of aromatic nitrogens is 1. The van der Waals surface area contributed by atoms with E-state index in [1.165, 1.54) is 24.2 Å². The molecule has 11 heteroatoms. The standard InChI is InChI=1S/C19H19N3O6S2/c1-3-27-12-6-7-13-15(11-12)29-18(20-13)30(25,26)21-17(24)19(2)8-9-22(19)16(23)14-5-4-10-28-14/h4-7,10-11H,3,8-9H2,1-2H3,(H,21,24). The number of carbonyl (C=O) groups is 2. The van der Waals surface area contributed by atoms with Gasteiger partial charge in [-0.2, -0.15) is 8.42 Å². The molecule has 30 heavy (non-hydrogen) atoms. The first-order valence-electron chi connectivity index (χ1n) is 9.21. The van der Waals surface area contributed by atoms with Crippen LogP contribution in [0, 0.1) is 0 Å². The minimum absolute atomic E-state index is 0.0906. The molecule has 1 aliphatic heterocycles. The Kier molecular flexibility index (Phi) is 5.02. The van der Waals surface area contributed by atoms with Crippen LogP contribution in [0.1, 0.15) is 30.8 Å². The summed E-state index contributed by atoms with van der Waals surface area (Å²) in [5.74, 6) is -0.559. The molecular weight excluding hydrogens is 430 g/mol. The molecule has 0 spiro atoms. The van der Waals surface area contributed by atoms with Crippen molar-refractivity contribution >= 4 is 43.4 Å². The molecule has 1 saturated heterocycles. The molecule has 9 nitrogen and oxygen atoms in total. The van der Waals surface area contributed by atoms with Crippen molar-refractivity contribution < 1.29 is 27.2 Å². The molecule has 1 unspecified atom stereocenters. The summed E-state index contributed by atoms with van der Waals surface area (Å²) in [7, 11) is -4.20. The normalized spacial score (nSPS) is 18.8. The molecule has 1 aliphatic rings. The van der Waals surface area contributed by atoms with Gasteiger partial charge < -0.3 is 14.1 Å². The van der Waals surface area contributed by atoms with E-state index in [4.69, 9.17) is 9.15 Å². The Labute approximate surface area is 176 Å². The van der Waals surface area contributed by atoms with Crippen LogP contribution in [0.4, 0.5) is 0 Å². The first kappa shape index (κ1) is 20.4. The van der Waals surface area contributed by atoms with Crippen LogP contribution in [0.2, 0.25) is 0 Å². The Morgan fingerprint density at radius 2 is 2.17 bits per heavy atom. The summed E-state index contributed by atoms with van der Waals surface area (Å²) in [5.41, 5.74) is -0.809. The number of furan rings is 1. The Morgan fingerprint density at radius 1 is 1.37 bits per heavy atom. The topological polar surface area (TPSA) is 119 Å². The molecule has 4 rings (SSSR count). The lowest BCUT2D eigenvalue weighted by Crippen LogP contribution is -2.67. The third-order valence-electron chi connectivity index (χ3n) is 4.99. The number of ether oxygens (including phenoxy) is 1. The van der Waals surface area contributed by atoms with Crippen molar-refractivity contribution in [3.05, 3.63) is 42.4 Å². The lowest BCUT2D eigenvalue weighted by molar-refractivity contribution is -0.135. The quantitative estimate of drug-likeness (QED) is 0.614. The van der Waals surface area contributed by atoms with Crippen molar-refractivity contribution in [2.24, 2.45) is 0 Å². The fraction of sp³-hybridized carbons (Fsp3) is 0.316. The van der Waals surface area contributed by atoms with Crippen LogP contribution in [-0.4, -0.2) is 48.8 Å². The van der Waals surface area contributed by atoms with Gasteiger partial charge in [0.05, 0.1) is 23.1 Å². The number of nitrogens with one attached hydrogen (secondary N) is 1. The first-order chi connectivity index (χ1) is 14.2. The van der Waals surface area contributed by atoms with Gasteiger partial charge >= 0.3 is 0 Å². The van der Waals surface area contributed by atoms with Gasteiger partial charge in [-0.25, -0.2) is 9.71 Å². The van der Waals surface area contributed by atoms with Gasteiger partial charge in [0.2, 0.25) is 4.34 Å². The van der Waals surface area contributed by atoms with Gasteiger partial charge in [-0.15, -0.1) is 11.3 Å². The zero-order valence-electron chi connectivity index (χ0n) is 16.2. The second-order valence-corrected chi connectivity index (χ2v) is 9.82. The minimum atomic E-state index is -4.20. The zero-order valence-corrected chi connectivity index (χ0v) is 17.9. The smallest absolute Gasteiger partial charge is 0.291 e. The number of carbonyl (C=O) groups excluding carboxylic acids is 2. The maximum absolute atomic E-state index is 12.8. The van der Waals surface area contributed by atoms with E-state index in [0.29, 0.717) is 35.5 Å². The summed E-state index contributed by atoms with van der Waals surface area (Å²) in [5, 5.41) is 0. The van der Waals surface area contributed by atoms with Crippen LogP contribution in [-0.2, 0) is 14.8 Å². The molecule has 0 aliphatic carbocycles. The van der Waals surface area contributed by atoms with Crippen molar-refractivity contribution in [1.82, 2.24) is 14.6 Å². The van der Waals surface area contributed by atoms with Crippen LogP contribution in [0.3, 0.4) is 0 Å². The predicted molar refractivity (Wildman–Crippen MR) is 109 cm³/mol. The van der Waals surface area contributed by atoms with Crippen molar-refractivity contribution in [2.45, 2.75) is 30.1 Å². The van der Waals surface area contributed by atoms with E-state index >= 15 is 0 Å². The average molecular weight is 450 g/mol. The Bertz CT molecular complexity index is 1220. The number of hydrogen-bond donors (Lipinski definition) is 1. The van der Waals surface area contributed by atoms with Crippen LogP contribution in [0.15, 0.2) is 45.4 Å². The van der Waals surface area contributed by atoms with Gasteiger partial charge in [0.25, 0.3) is 21.8 Å². The molecule has 1 N–H and O–H groups in total. The Hall–Kier alpha value is -2.92. The summed E-state index contributed by atoms with van der Waals surface area (Å²) in [6.45, 7) is 4.18. The third kappa shape index (κ3) is 3.43. The number of hydrogen-bond acceptors (Lipinski definition) is 8. The van der Waals surface area contributed by atoms with E-state index in [1.807, 2.05) is 6.92 Å². The maximum Gasteiger partial charge on any atom is 0.291 e. The molecule has 1 aromatic carbocycles. The largest absolute Gasteiger partial charge is 0.494 e. The van der Waals surface area contributed by atoms with Gasteiger partial charge in [-0.3, -0.25) is 9.59 Å². The van der Waals surface area contributed by atoms with Crippen molar-refractivity contribution in [1.29, 1.82) is 0 Å². The summed E-state index contributed by atoms with van der Waals surface area (Å²) in [6.07, 6.45) is 1.69. The van der Waals surface area contributed by atoms with Crippen molar-refractivity contribution in [3.8, 4) is 5.75 Å². The van der Waals surface area contributed by atoms with Gasteiger partial charge in [0.1, 0.15) is 11.3 Å². The SMILES string of the molecule is CCOc1ccc2nc(S(=O)(=O)NC(=O)C3(C)CCN3C(=O)c3ccco3)sc2c1. The fourth-order valence-electron chi connectivity index (χ4n) is 3.18. The summed E-state index contributed by atoms with van der Waals surface area (Å²) >= 11 is 0.938. The van der Waals surface area contributed by atoms with E-state index in [-0.39, 0.29) is 10.1 Å². The molecule has 0 bridgehead atoms. The van der Waals surface area contributed by atoms with E-state index in [9.17, 15) is 18.0 Å². The molecule has 2 aromatic heterocycles. The molecule has 0 saturated carbocycles. The highest BCUT2D eigenvalue weighted by molar-refractivity contribution is 7.92. The predicted octanol–water partition coefficient (Wildman–Crippen LogP) is 2.40. The third-order valence-corrected chi connectivity index (χ3v) is 7.72. The lowest BCUT2D eigenvalue weighted by Gasteiger charge is -2.48. The second-order valence-electron chi connectivity index (χ2n) is 6.93. The highest BCUT2D eigenvalue weighted by Crippen LogP contribution is 2.34. The van der Waals surface area contributed by atoms with Crippen LogP contribution in [0.5, 0.6) is 5.75 Å². The lowest BCUT2D eigenvalue weighted by atomic mass is 9.85. The molecule has 0 radical (unpaired) electrons. The number of nitrogens with zero attached hydrogens (tertiary/aromatic N) is 2. The van der Waals surface area contributed by atoms with E-state index in [0.717, 1.165) is 11.3 Å². The van der Waals surface area contributed by atoms with Crippen LogP contribution < -0.4 is 9.46 Å². The fourth-order valence-corrected chi connectivity index (χ4v) is 5.51. The summed E-state index contributed by atoms with van der Waals surface area (Å²) < 4.78 is 38.5. The van der Waals surface area contributed by atoms with Gasteiger partial charge in [0.15, 0.2) is 5.76 Å². The van der Waals surface area contributed by atoms with Crippen LogP contribution in [0.25, 0.3) is 10.2 Å². The minimum Gasteiger partial charge on any atom is -0.494 e. The first-order valence-corrected chi connectivity index (χ1v) is 11.5. The Morgan fingerprint density at radius 3 is 2.80 bits per heavy atom. The van der Waals surface area contributed by atoms with E-state index in [2.05, 4.69) is 9.71 Å². The van der Waals surface area contributed by atoms with Crippen molar-refractivity contribution in [2.75, 3.05) is 13.2 Å². The number of benzene rings is 1. The maximum atomic E-state index is 12.8. The Balaban J connectivity index is 1.55. The molecule has 3 aromatic rings. The average Bonchev–Trinajstić information content (AvgIpc) is 3.36. The molecular formula is C19H19N3O6S2. The number of sulfonamides is 1. The second kappa shape index (κ2) is 7.40. The zero-order chi connectivity index (χ0) is 21.5. The van der Waals surface area contributed by atoms with Crippen LogP contribution >= 0.6 is 11.3 Å². The molecule has 2 amide bonds. The molecule has 1 atom stereocenters. The highest BCUT2D eigenvalue weighted by atomic mass is 32.2. The molecule has 1 fully saturated rings. The van der Waals surface area contributed by atoms with Gasteiger partial charge in [-0.05, 0) is 50.6 Å². The van der Waals surface area contributed by atoms with Crippen molar-refractivity contribution in [3.63, 3.8) is 0 Å². The van der Waals surface area contributed by atoms with E-state index in [1.54, 1.807) is 24.3 Å². The monoisotopic (exact) mass is 449 g/mol. The summed E-state index contributed by atoms with van der Waals surface area (Å²) in [6, 6.07) is 8.13. The summed E-state index contributed by atoms with van der Waals surface area (Å²) in [4.78, 5) is 30.8. The number of likely N-dealkylation sites (tertiary alicyclic amines) is 1. The number of thiazole rings is 1.